The summed E-state index contributed by atoms with van der Waals surface area (Å²) in [5.41, 5.74) is 1.65. The molecule has 0 fully saturated rings. The molecular formula is C11H13O2. The van der Waals surface area contributed by atoms with E-state index in [9.17, 15) is 4.79 Å². The van der Waals surface area contributed by atoms with E-state index in [1.807, 2.05) is 18.2 Å². The Balaban J connectivity index is 2.97. The molecule has 13 heavy (non-hydrogen) atoms. The lowest BCUT2D eigenvalue weighted by molar-refractivity contribution is 0.0599. The molecule has 0 aliphatic carbocycles. The number of carbonyl (C=O) groups is 1. The Morgan fingerprint density at radius 3 is 2.77 bits per heavy atom. The highest BCUT2D eigenvalue weighted by Crippen LogP contribution is 2.11. The van der Waals surface area contributed by atoms with Crippen molar-refractivity contribution in [1.29, 1.82) is 0 Å². The van der Waals surface area contributed by atoms with Gasteiger partial charge in [0, 0.05) is 0 Å². The van der Waals surface area contributed by atoms with E-state index >= 15 is 0 Å². The maximum atomic E-state index is 11.3. The second-order valence-electron chi connectivity index (χ2n) is 2.75. The van der Waals surface area contributed by atoms with Crippen LogP contribution in [0.1, 0.15) is 22.3 Å². The van der Waals surface area contributed by atoms with Gasteiger partial charge < -0.3 is 4.74 Å². The van der Waals surface area contributed by atoms with Crippen LogP contribution in [-0.4, -0.2) is 13.1 Å². The Labute approximate surface area is 78.5 Å². The van der Waals surface area contributed by atoms with Crippen molar-refractivity contribution in [2.24, 2.45) is 0 Å². The third-order valence-electron chi connectivity index (χ3n) is 1.87. The molecule has 0 spiro atoms. The Hall–Kier alpha value is -1.31. The molecule has 0 saturated carbocycles. The topological polar surface area (TPSA) is 26.3 Å². The molecule has 0 N–H and O–H groups in total. The number of hydrogen-bond donors (Lipinski definition) is 0. The van der Waals surface area contributed by atoms with Crippen LogP contribution in [0.4, 0.5) is 0 Å². The van der Waals surface area contributed by atoms with Crippen molar-refractivity contribution in [3.63, 3.8) is 0 Å². The van der Waals surface area contributed by atoms with Crippen molar-refractivity contribution in [3.8, 4) is 0 Å². The first-order valence-electron chi connectivity index (χ1n) is 4.25. The number of esters is 1. The van der Waals surface area contributed by atoms with E-state index in [4.69, 9.17) is 0 Å². The van der Waals surface area contributed by atoms with Gasteiger partial charge in [-0.25, -0.2) is 4.79 Å². The van der Waals surface area contributed by atoms with Gasteiger partial charge in [-0.05, 0) is 24.5 Å². The zero-order valence-electron chi connectivity index (χ0n) is 7.75. The number of carbonyl (C=O) groups excluding carboxylic acids is 1. The monoisotopic (exact) mass is 177 g/mol. The minimum atomic E-state index is -0.274. The zero-order valence-corrected chi connectivity index (χ0v) is 7.75. The second kappa shape index (κ2) is 4.65. The van der Waals surface area contributed by atoms with Crippen LogP contribution in [0.5, 0.6) is 0 Å². The third kappa shape index (κ3) is 2.31. The fourth-order valence-corrected chi connectivity index (χ4v) is 1.24. The largest absolute Gasteiger partial charge is 0.465 e. The predicted molar refractivity (Wildman–Crippen MR) is 51.5 cm³/mol. The van der Waals surface area contributed by atoms with E-state index in [0.717, 1.165) is 18.4 Å². The summed E-state index contributed by atoms with van der Waals surface area (Å²) in [6.45, 7) is 3.76. The normalized spacial score (nSPS) is 9.69. The molecule has 1 rings (SSSR count). The van der Waals surface area contributed by atoms with Gasteiger partial charge in [-0.1, -0.05) is 25.1 Å². The van der Waals surface area contributed by atoms with Crippen LogP contribution in [0.2, 0.25) is 0 Å². The van der Waals surface area contributed by atoms with Crippen LogP contribution in [-0.2, 0) is 11.2 Å². The van der Waals surface area contributed by atoms with Crippen LogP contribution < -0.4 is 0 Å². The van der Waals surface area contributed by atoms with Gasteiger partial charge in [0.05, 0.1) is 12.7 Å². The van der Waals surface area contributed by atoms with Gasteiger partial charge in [-0.15, -0.1) is 0 Å². The van der Waals surface area contributed by atoms with Crippen molar-refractivity contribution < 1.29 is 9.53 Å². The molecule has 0 aromatic heterocycles. The molecule has 0 heterocycles. The molecule has 1 radical (unpaired) electrons. The first kappa shape index (κ1) is 9.78. The number of aryl methyl sites for hydroxylation is 1. The number of hydrogen-bond acceptors (Lipinski definition) is 2. The van der Waals surface area contributed by atoms with Gasteiger partial charge in [0.2, 0.25) is 0 Å². The average molecular weight is 177 g/mol. The predicted octanol–water partition coefficient (Wildman–Crippen LogP) is 2.24. The lowest BCUT2D eigenvalue weighted by atomic mass is 10.0. The second-order valence-corrected chi connectivity index (χ2v) is 2.75. The molecule has 2 heteroatoms. The summed E-state index contributed by atoms with van der Waals surface area (Å²) in [5, 5.41) is 0. The number of methoxy groups -OCH3 is 1. The average Bonchev–Trinajstić information content (AvgIpc) is 2.18. The summed E-state index contributed by atoms with van der Waals surface area (Å²) in [7, 11) is 1.39. The fraction of sp³-hybridized carbons (Fsp3) is 0.273. The minimum Gasteiger partial charge on any atom is -0.465 e. The van der Waals surface area contributed by atoms with Gasteiger partial charge in [-0.2, -0.15) is 0 Å². The van der Waals surface area contributed by atoms with E-state index in [1.165, 1.54) is 7.11 Å². The zero-order chi connectivity index (χ0) is 9.68. The summed E-state index contributed by atoms with van der Waals surface area (Å²) < 4.78 is 4.66. The number of benzene rings is 1. The Morgan fingerprint density at radius 1 is 1.46 bits per heavy atom. The van der Waals surface area contributed by atoms with E-state index < -0.39 is 0 Å². The number of ether oxygens (including phenoxy) is 1. The maximum absolute atomic E-state index is 11.3. The Morgan fingerprint density at radius 2 is 2.15 bits per heavy atom. The third-order valence-corrected chi connectivity index (χ3v) is 1.87. The molecule has 0 unspecified atom stereocenters. The molecule has 69 valence electrons. The summed E-state index contributed by atoms with van der Waals surface area (Å²) in [5.74, 6) is -0.274. The molecule has 1 aromatic rings. The van der Waals surface area contributed by atoms with E-state index in [2.05, 4.69) is 11.7 Å². The summed E-state index contributed by atoms with van der Waals surface area (Å²) in [4.78, 5) is 11.3. The van der Waals surface area contributed by atoms with Crippen molar-refractivity contribution in [2.45, 2.75) is 12.8 Å². The van der Waals surface area contributed by atoms with Crippen LogP contribution in [0.15, 0.2) is 24.3 Å². The number of rotatable bonds is 3. The molecule has 0 aliphatic rings. The lowest BCUT2D eigenvalue weighted by Crippen LogP contribution is -2.05. The van der Waals surface area contributed by atoms with E-state index in [0.29, 0.717) is 5.56 Å². The van der Waals surface area contributed by atoms with Crippen LogP contribution in [0.25, 0.3) is 0 Å². The van der Waals surface area contributed by atoms with Crippen LogP contribution in [0, 0.1) is 6.92 Å². The van der Waals surface area contributed by atoms with Crippen molar-refractivity contribution in [2.75, 3.05) is 7.11 Å². The molecule has 0 amide bonds. The fourth-order valence-electron chi connectivity index (χ4n) is 1.24. The minimum absolute atomic E-state index is 0.274. The molecule has 0 saturated heterocycles. The SMILES string of the molecule is [CH2]CCc1ccccc1C(=O)OC. The molecule has 0 bridgehead atoms. The van der Waals surface area contributed by atoms with Gasteiger partial charge >= 0.3 is 5.97 Å². The Kier molecular flexibility index (Phi) is 3.50. The molecular weight excluding hydrogens is 164 g/mol. The highest BCUT2D eigenvalue weighted by molar-refractivity contribution is 5.90. The summed E-state index contributed by atoms with van der Waals surface area (Å²) >= 11 is 0. The molecule has 2 nitrogen and oxygen atoms in total. The van der Waals surface area contributed by atoms with Gasteiger partial charge in [-0.3, -0.25) is 0 Å². The summed E-state index contributed by atoms with van der Waals surface area (Å²) in [6, 6.07) is 7.45. The molecule has 1 aromatic carbocycles. The first-order chi connectivity index (χ1) is 6.29. The smallest absolute Gasteiger partial charge is 0.338 e. The van der Waals surface area contributed by atoms with E-state index in [-0.39, 0.29) is 5.97 Å². The van der Waals surface area contributed by atoms with Crippen LogP contribution in [0.3, 0.4) is 0 Å². The quantitative estimate of drug-likeness (QED) is 0.662. The van der Waals surface area contributed by atoms with Crippen molar-refractivity contribution in [3.05, 3.63) is 42.3 Å². The Bertz CT molecular complexity index is 292. The highest BCUT2D eigenvalue weighted by atomic mass is 16.5. The van der Waals surface area contributed by atoms with Gasteiger partial charge in [0.1, 0.15) is 0 Å². The summed E-state index contributed by atoms with van der Waals surface area (Å²) in [6.07, 6.45) is 1.60. The van der Waals surface area contributed by atoms with Gasteiger partial charge in [0.15, 0.2) is 0 Å². The molecule has 0 aliphatic heterocycles. The van der Waals surface area contributed by atoms with E-state index in [1.54, 1.807) is 6.07 Å². The lowest BCUT2D eigenvalue weighted by Gasteiger charge is -2.05. The maximum Gasteiger partial charge on any atom is 0.338 e. The van der Waals surface area contributed by atoms with Crippen molar-refractivity contribution in [1.82, 2.24) is 0 Å². The first-order valence-corrected chi connectivity index (χ1v) is 4.25. The van der Waals surface area contributed by atoms with Gasteiger partial charge in [0.25, 0.3) is 0 Å². The standard InChI is InChI=1S/C11H13O2/c1-3-6-9-7-4-5-8-10(9)11(12)13-2/h4-5,7-8H,1,3,6H2,2H3. The molecule has 0 atom stereocenters. The van der Waals surface area contributed by atoms with Crippen molar-refractivity contribution >= 4 is 5.97 Å². The highest BCUT2D eigenvalue weighted by Gasteiger charge is 2.09. The van der Waals surface area contributed by atoms with Crippen LogP contribution >= 0.6 is 0 Å².